The summed E-state index contributed by atoms with van der Waals surface area (Å²) < 4.78 is 15.0. The van der Waals surface area contributed by atoms with Crippen LogP contribution < -0.4 is 14.0 Å². The van der Waals surface area contributed by atoms with Gasteiger partial charge in [-0.2, -0.15) is 0 Å². The topological polar surface area (TPSA) is 39.1 Å². The van der Waals surface area contributed by atoms with E-state index in [1.54, 1.807) is 36.9 Å². The van der Waals surface area contributed by atoms with Crippen LogP contribution in [0, 0.1) is 0 Å². The van der Waals surface area contributed by atoms with Gasteiger partial charge in [-0.3, -0.25) is 0 Å². The molecule has 1 aliphatic heterocycles. The van der Waals surface area contributed by atoms with Crippen molar-refractivity contribution in [3.63, 3.8) is 0 Å². The number of hydrogen-bond acceptors (Lipinski definition) is 5. The van der Waals surface area contributed by atoms with Crippen LogP contribution in [0.5, 0.6) is 11.5 Å². The average molecular weight is 471 g/mol. The minimum atomic E-state index is 0.849. The maximum Gasteiger partial charge on any atom is 0.293 e. The van der Waals surface area contributed by atoms with Crippen molar-refractivity contribution in [2.45, 2.75) is 0 Å². The smallest absolute Gasteiger partial charge is 0.293 e. The second kappa shape index (κ2) is 8.03. The predicted molar refractivity (Wildman–Crippen MR) is 134 cm³/mol. The van der Waals surface area contributed by atoms with Crippen LogP contribution in [-0.4, -0.2) is 24.3 Å². The quantitative estimate of drug-likeness (QED) is 0.293. The normalized spacial score (nSPS) is 14.0. The van der Waals surface area contributed by atoms with Crippen LogP contribution in [0.2, 0.25) is 0 Å². The number of hydrogen-bond donors (Lipinski definition) is 0. The summed E-state index contributed by atoms with van der Waals surface area (Å²) >= 11 is 3.40. The van der Waals surface area contributed by atoms with Crippen LogP contribution >= 0.6 is 22.7 Å². The molecule has 4 heterocycles. The highest BCUT2D eigenvalue weighted by Crippen LogP contribution is 2.36. The second-order valence-corrected chi connectivity index (χ2v) is 9.34. The number of methoxy groups -OCH3 is 2. The molecule has 1 aliphatic rings. The lowest BCUT2D eigenvalue weighted by molar-refractivity contribution is -0.571. The van der Waals surface area contributed by atoms with E-state index in [0.717, 1.165) is 55.3 Å². The van der Waals surface area contributed by atoms with Crippen molar-refractivity contribution < 1.29 is 14.0 Å². The maximum atomic E-state index is 5.32. The summed E-state index contributed by atoms with van der Waals surface area (Å²) in [6.07, 6.45) is 6.36. The molecule has 0 N–H and O–H groups in total. The lowest BCUT2D eigenvalue weighted by Gasteiger charge is -2.02. The first-order chi connectivity index (χ1) is 16.2. The molecule has 0 atom stereocenters. The van der Waals surface area contributed by atoms with Crippen molar-refractivity contribution in [2.24, 2.45) is 4.99 Å². The highest BCUT2D eigenvalue weighted by Gasteiger charge is 2.31. The molecule has 0 saturated carbocycles. The molecule has 5 nitrogen and oxygen atoms in total. The van der Waals surface area contributed by atoms with Gasteiger partial charge >= 0.3 is 0 Å². The third-order valence-electron chi connectivity index (χ3n) is 5.73. The number of nitrogens with zero attached hydrogens (tertiary/aromatic N) is 3. The monoisotopic (exact) mass is 470 g/mol. The third-order valence-corrected chi connectivity index (χ3v) is 7.51. The number of fused-ring (bicyclic) bond motifs is 2. The van der Waals surface area contributed by atoms with Gasteiger partial charge in [0.05, 0.1) is 25.3 Å². The van der Waals surface area contributed by atoms with Crippen molar-refractivity contribution in [3.8, 4) is 22.8 Å². The van der Waals surface area contributed by atoms with E-state index in [-0.39, 0.29) is 0 Å². The van der Waals surface area contributed by atoms with Gasteiger partial charge in [0.25, 0.3) is 5.01 Å². The SMILES string of the molecule is COc1ccc(C2=C/C(=N\c3cc(-c4ccc(OC)cc4)n4ccsc34)c3scc[n+]32)cc1. The molecule has 3 aromatic heterocycles. The fraction of sp³-hybridized carbons (Fsp3) is 0.0769. The van der Waals surface area contributed by atoms with Gasteiger partial charge in [-0.05, 0) is 60.2 Å². The zero-order chi connectivity index (χ0) is 22.4. The van der Waals surface area contributed by atoms with Crippen molar-refractivity contribution in [2.75, 3.05) is 14.2 Å². The minimum Gasteiger partial charge on any atom is -0.497 e. The molecular formula is C26H20N3O2S2+. The Morgan fingerprint density at radius 2 is 1.55 bits per heavy atom. The van der Waals surface area contributed by atoms with Crippen LogP contribution in [0.15, 0.2) is 88.8 Å². The van der Waals surface area contributed by atoms with E-state index in [4.69, 9.17) is 14.5 Å². The Morgan fingerprint density at radius 1 is 0.848 bits per heavy atom. The van der Waals surface area contributed by atoms with Gasteiger partial charge in [0.2, 0.25) is 5.70 Å². The maximum absolute atomic E-state index is 5.32. The molecule has 7 heteroatoms. The molecule has 0 amide bonds. The third kappa shape index (κ3) is 3.37. The first-order valence-corrected chi connectivity index (χ1v) is 12.2. The van der Waals surface area contributed by atoms with Crippen LogP contribution in [-0.2, 0) is 0 Å². The Kier molecular flexibility index (Phi) is 4.86. The molecular weight excluding hydrogens is 450 g/mol. The van der Waals surface area contributed by atoms with E-state index < -0.39 is 0 Å². The average Bonchev–Trinajstić information content (AvgIpc) is 3.63. The Bertz CT molecular complexity index is 1520. The molecule has 0 aliphatic carbocycles. The van der Waals surface area contributed by atoms with E-state index >= 15 is 0 Å². The van der Waals surface area contributed by atoms with Crippen molar-refractivity contribution >= 4 is 44.6 Å². The van der Waals surface area contributed by atoms with Crippen molar-refractivity contribution in [3.05, 3.63) is 94.4 Å². The van der Waals surface area contributed by atoms with Gasteiger partial charge in [0, 0.05) is 23.2 Å². The fourth-order valence-electron chi connectivity index (χ4n) is 4.09. The largest absolute Gasteiger partial charge is 0.497 e. The Hall–Kier alpha value is -3.68. The highest BCUT2D eigenvalue weighted by atomic mass is 32.1. The molecule has 5 aromatic rings. The Morgan fingerprint density at radius 3 is 2.24 bits per heavy atom. The molecule has 33 heavy (non-hydrogen) atoms. The van der Waals surface area contributed by atoms with E-state index in [1.807, 2.05) is 24.3 Å². The number of thiazole rings is 2. The molecule has 0 spiro atoms. The van der Waals surface area contributed by atoms with Gasteiger partial charge < -0.3 is 13.9 Å². The van der Waals surface area contributed by atoms with Crippen LogP contribution in [0.1, 0.15) is 10.6 Å². The number of ether oxygens (including phenoxy) is 2. The number of aliphatic imine (C=N–C) groups is 1. The lowest BCUT2D eigenvalue weighted by Crippen LogP contribution is -2.30. The van der Waals surface area contributed by atoms with E-state index in [2.05, 4.69) is 68.5 Å². The summed E-state index contributed by atoms with van der Waals surface area (Å²) in [5, 5.41) is 5.33. The van der Waals surface area contributed by atoms with Crippen LogP contribution in [0.25, 0.3) is 21.8 Å². The number of benzene rings is 2. The Balaban J connectivity index is 1.44. The zero-order valence-corrected chi connectivity index (χ0v) is 19.7. The summed E-state index contributed by atoms with van der Waals surface area (Å²) in [5.74, 6) is 1.70. The number of allylic oxidation sites excluding steroid dienone is 1. The summed E-state index contributed by atoms with van der Waals surface area (Å²) in [6, 6.07) is 18.4. The molecule has 0 saturated heterocycles. The molecule has 2 aromatic carbocycles. The predicted octanol–water partition coefficient (Wildman–Crippen LogP) is 6.06. The van der Waals surface area contributed by atoms with Crippen LogP contribution in [0.3, 0.4) is 0 Å². The van der Waals surface area contributed by atoms with Gasteiger partial charge in [0.15, 0.2) is 11.9 Å². The van der Waals surface area contributed by atoms with Gasteiger partial charge in [-0.1, -0.05) is 11.3 Å². The first kappa shape index (κ1) is 20.0. The lowest BCUT2D eigenvalue weighted by atomic mass is 10.1. The summed E-state index contributed by atoms with van der Waals surface area (Å²) in [7, 11) is 3.37. The van der Waals surface area contributed by atoms with Crippen molar-refractivity contribution in [1.82, 2.24) is 4.40 Å². The van der Waals surface area contributed by atoms with E-state index in [1.165, 1.54) is 0 Å². The van der Waals surface area contributed by atoms with E-state index in [9.17, 15) is 0 Å². The first-order valence-electron chi connectivity index (χ1n) is 10.4. The van der Waals surface area contributed by atoms with Gasteiger partial charge in [-0.25, -0.2) is 4.99 Å². The minimum absolute atomic E-state index is 0.849. The fourth-order valence-corrected chi connectivity index (χ4v) is 5.71. The molecule has 162 valence electrons. The summed E-state index contributed by atoms with van der Waals surface area (Å²) in [4.78, 5) is 6.26. The van der Waals surface area contributed by atoms with Gasteiger partial charge in [0.1, 0.15) is 22.0 Å². The number of aromatic nitrogens is 2. The molecule has 6 rings (SSSR count). The van der Waals surface area contributed by atoms with Crippen LogP contribution in [0.4, 0.5) is 5.69 Å². The molecule has 0 radical (unpaired) electrons. The van der Waals surface area contributed by atoms with Crippen molar-refractivity contribution in [1.29, 1.82) is 0 Å². The second-order valence-electron chi connectivity index (χ2n) is 7.55. The molecule has 0 unspecified atom stereocenters. The Labute approximate surface area is 199 Å². The summed E-state index contributed by atoms with van der Waals surface area (Å²) in [5.41, 5.74) is 6.43. The molecule has 0 fully saturated rings. The zero-order valence-electron chi connectivity index (χ0n) is 18.1. The number of rotatable bonds is 5. The summed E-state index contributed by atoms with van der Waals surface area (Å²) in [6.45, 7) is 0. The van der Waals surface area contributed by atoms with E-state index in [0.29, 0.717) is 0 Å². The highest BCUT2D eigenvalue weighted by molar-refractivity contribution is 7.16. The standard InChI is InChI=1S/C26H20N3O2S2/c1-30-19-7-3-17(4-8-19)23-15-21(25-28(23)11-13-32-25)27-22-16-24(29-12-14-33-26(22)29)18-5-9-20(31-2)10-6-18/h3-16H,1-2H3/q+1. The van der Waals surface area contributed by atoms with Gasteiger partial charge in [-0.15, -0.1) is 15.9 Å². The molecule has 0 bridgehead atoms.